The van der Waals surface area contributed by atoms with E-state index < -0.39 is 17.2 Å². The Morgan fingerprint density at radius 3 is 2.76 bits per heavy atom. The van der Waals surface area contributed by atoms with Crippen LogP contribution in [0.2, 0.25) is 0 Å². The molecule has 0 bridgehead atoms. The smallest absolute Gasteiger partial charge is 0.225 e. The van der Waals surface area contributed by atoms with Crippen LogP contribution in [0, 0.1) is 17.6 Å². The Morgan fingerprint density at radius 2 is 2.14 bits per heavy atom. The second kappa shape index (κ2) is 7.18. The van der Waals surface area contributed by atoms with Crippen LogP contribution >= 0.6 is 12.4 Å². The summed E-state index contributed by atoms with van der Waals surface area (Å²) in [5.41, 5.74) is 5.92. The van der Waals surface area contributed by atoms with Crippen LogP contribution in [0.25, 0.3) is 0 Å². The van der Waals surface area contributed by atoms with Gasteiger partial charge in [-0.05, 0) is 25.8 Å². The van der Waals surface area contributed by atoms with Crippen molar-refractivity contribution in [1.29, 1.82) is 0 Å². The zero-order chi connectivity index (χ0) is 14.8. The summed E-state index contributed by atoms with van der Waals surface area (Å²) in [4.78, 5) is 12.2. The molecule has 118 valence electrons. The minimum atomic E-state index is -0.649. The molecule has 3 N–H and O–H groups in total. The summed E-state index contributed by atoms with van der Waals surface area (Å²) in [6.45, 7) is 1.94. The van der Waals surface area contributed by atoms with Crippen molar-refractivity contribution in [2.75, 3.05) is 0 Å². The molecule has 0 aromatic heterocycles. The summed E-state index contributed by atoms with van der Waals surface area (Å²) in [7, 11) is 0. The fourth-order valence-corrected chi connectivity index (χ4v) is 2.76. The molecule has 1 aliphatic rings. The molecule has 1 amide bonds. The van der Waals surface area contributed by atoms with E-state index in [0.717, 1.165) is 31.7 Å². The van der Waals surface area contributed by atoms with E-state index in [0.29, 0.717) is 0 Å². The molecule has 2 rings (SSSR count). The van der Waals surface area contributed by atoms with Gasteiger partial charge in [0, 0.05) is 23.7 Å². The van der Waals surface area contributed by atoms with Crippen molar-refractivity contribution in [3.8, 4) is 0 Å². The number of nitrogens with two attached hydrogens (primary N) is 1. The van der Waals surface area contributed by atoms with Gasteiger partial charge in [0.25, 0.3) is 0 Å². The van der Waals surface area contributed by atoms with Crippen LogP contribution in [0.1, 0.15) is 38.2 Å². The first-order chi connectivity index (χ1) is 9.40. The number of carbonyl (C=O) groups is 1. The molecular weight excluding hydrogens is 298 g/mol. The zero-order valence-electron chi connectivity index (χ0n) is 12.0. The predicted molar refractivity (Wildman–Crippen MR) is 80.0 cm³/mol. The highest BCUT2D eigenvalue weighted by Crippen LogP contribution is 2.31. The lowest BCUT2D eigenvalue weighted by Crippen LogP contribution is -2.52. The molecule has 6 heteroatoms. The average Bonchev–Trinajstić information content (AvgIpc) is 2.37. The van der Waals surface area contributed by atoms with Gasteiger partial charge in [0.2, 0.25) is 5.91 Å². The zero-order valence-corrected chi connectivity index (χ0v) is 12.8. The van der Waals surface area contributed by atoms with Crippen molar-refractivity contribution in [3.05, 3.63) is 35.4 Å². The van der Waals surface area contributed by atoms with Gasteiger partial charge in [-0.2, -0.15) is 0 Å². The molecule has 1 aromatic carbocycles. The minimum absolute atomic E-state index is 0. The lowest BCUT2D eigenvalue weighted by molar-refractivity contribution is -0.128. The number of halogens is 3. The van der Waals surface area contributed by atoms with Crippen LogP contribution in [0.5, 0.6) is 0 Å². The quantitative estimate of drug-likeness (QED) is 0.900. The summed E-state index contributed by atoms with van der Waals surface area (Å²) >= 11 is 0. The van der Waals surface area contributed by atoms with E-state index in [2.05, 4.69) is 5.32 Å². The van der Waals surface area contributed by atoms with Crippen molar-refractivity contribution in [2.45, 2.75) is 44.7 Å². The molecule has 0 saturated heterocycles. The molecule has 0 heterocycles. The van der Waals surface area contributed by atoms with Gasteiger partial charge in [-0.25, -0.2) is 8.78 Å². The molecule has 0 spiro atoms. The predicted octanol–water partition coefficient (Wildman–Crippen LogP) is 2.91. The van der Waals surface area contributed by atoms with Gasteiger partial charge in [-0.15, -0.1) is 12.4 Å². The topological polar surface area (TPSA) is 55.1 Å². The largest absolute Gasteiger partial charge is 0.352 e. The molecule has 2 atom stereocenters. The Morgan fingerprint density at radius 1 is 1.43 bits per heavy atom. The number of benzene rings is 1. The van der Waals surface area contributed by atoms with Crippen LogP contribution in [-0.4, -0.2) is 11.4 Å². The molecule has 21 heavy (non-hydrogen) atoms. The van der Waals surface area contributed by atoms with Crippen molar-refractivity contribution >= 4 is 18.3 Å². The standard InChI is InChI=1S/C15H20F2N2O.ClH/c1-15(18)7-3-2-4-12(15)14(20)19-9-10-5-6-11(16)8-13(10)17;/h5-6,8,12H,2-4,7,9,18H2,1H3,(H,19,20);1H. The summed E-state index contributed by atoms with van der Waals surface area (Å²) < 4.78 is 26.3. The maximum Gasteiger partial charge on any atom is 0.225 e. The van der Waals surface area contributed by atoms with Gasteiger partial charge >= 0.3 is 0 Å². The monoisotopic (exact) mass is 318 g/mol. The number of amides is 1. The van der Waals surface area contributed by atoms with Gasteiger partial charge in [0.05, 0.1) is 5.92 Å². The van der Waals surface area contributed by atoms with Crippen LogP contribution in [-0.2, 0) is 11.3 Å². The first kappa shape index (κ1) is 17.9. The van der Waals surface area contributed by atoms with Crippen molar-refractivity contribution in [2.24, 2.45) is 11.7 Å². The van der Waals surface area contributed by atoms with Crippen molar-refractivity contribution in [3.63, 3.8) is 0 Å². The van der Waals surface area contributed by atoms with Gasteiger partial charge in [0.15, 0.2) is 0 Å². The maximum atomic E-state index is 13.5. The molecule has 1 saturated carbocycles. The summed E-state index contributed by atoms with van der Waals surface area (Å²) in [6.07, 6.45) is 3.58. The van der Waals surface area contributed by atoms with E-state index in [4.69, 9.17) is 5.73 Å². The lowest BCUT2D eigenvalue weighted by atomic mass is 9.74. The van der Waals surface area contributed by atoms with Gasteiger partial charge in [0.1, 0.15) is 11.6 Å². The van der Waals surface area contributed by atoms with Gasteiger partial charge < -0.3 is 11.1 Å². The maximum absolute atomic E-state index is 13.5. The second-order valence-electron chi connectivity index (χ2n) is 5.76. The highest BCUT2D eigenvalue weighted by atomic mass is 35.5. The summed E-state index contributed by atoms with van der Waals surface area (Å²) in [5.74, 6) is -1.68. The second-order valence-corrected chi connectivity index (χ2v) is 5.76. The Hall–Kier alpha value is -1.20. The van der Waals surface area contributed by atoms with Crippen LogP contribution < -0.4 is 11.1 Å². The number of hydrogen-bond acceptors (Lipinski definition) is 2. The highest BCUT2D eigenvalue weighted by Gasteiger charge is 2.37. The van der Waals surface area contributed by atoms with E-state index in [1.54, 1.807) is 0 Å². The Labute approximate surface area is 129 Å². The minimum Gasteiger partial charge on any atom is -0.352 e. The molecular formula is C15H21ClF2N2O. The summed E-state index contributed by atoms with van der Waals surface area (Å²) in [6, 6.07) is 3.33. The first-order valence-electron chi connectivity index (χ1n) is 6.91. The Balaban J connectivity index is 0.00000220. The van der Waals surface area contributed by atoms with Crippen molar-refractivity contribution < 1.29 is 13.6 Å². The van der Waals surface area contributed by atoms with Crippen LogP contribution in [0.4, 0.5) is 8.78 Å². The molecule has 3 nitrogen and oxygen atoms in total. The first-order valence-corrected chi connectivity index (χ1v) is 6.91. The number of carbonyl (C=O) groups excluding carboxylic acids is 1. The third-order valence-electron chi connectivity index (χ3n) is 4.04. The normalized spacial score (nSPS) is 25.0. The van der Waals surface area contributed by atoms with E-state index in [1.165, 1.54) is 12.1 Å². The van der Waals surface area contributed by atoms with E-state index in [1.807, 2.05) is 6.92 Å². The van der Waals surface area contributed by atoms with Gasteiger partial charge in [-0.3, -0.25) is 4.79 Å². The number of hydrogen-bond donors (Lipinski definition) is 2. The van der Waals surface area contributed by atoms with Crippen LogP contribution in [0.15, 0.2) is 18.2 Å². The molecule has 0 radical (unpaired) electrons. The fraction of sp³-hybridized carbons (Fsp3) is 0.533. The van der Waals surface area contributed by atoms with Crippen LogP contribution in [0.3, 0.4) is 0 Å². The lowest BCUT2D eigenvalue weighted by Gasteiger charge is -2.37. The third kappa shape index (κ3) is 4.38. The van der Waals surface area contributed by atoms with E-state index in [-0.39, 0.29) is 36.3 Å². The molecule has 1 aromatic rings. The number of rotatable bonds is 3. The summed E-state index contributed by atoms with van der Waals surface area (Å²) in [5, 5.41) is 2.70. The third-order valence-corrected chi connectivity index (χ3v) is 4.04. The molecule has 0 aliphatic heterocycles. The number of nitrogens with one attached hydrogen (secondary N) is 1. The molecule has 2 unspecified atom stereocenters. The van der Waals surface area contributed by atoms with Gasteiger partial charge in [-0.1, -0.05) is 18.9 Å². The highest BCUT2D eigenvalue weighted by molar-refractivity contribution is 5.85. The average molecular weight is 319 g/mol. The van der Waals surface area contributed by atoms with E-state index in [9.17, 15) is 13.6 Å². The Kier molecular flexibility index (Phi) is 6.10. The fourth-order valence-electron chi connectivity index (χ4n) is 2.76. The Bertz CT molecular complexity index is 508. The SMILES string of the molecule is CC1(N)CCCCC1C(=O)NCc1ccc(F)cc1F.Cl. The van der Waals surface area contributed by atoms with Crippen molar-refractivity contribution in [1.82, 2.24) is 5.32 Å². The van der Waals surface area contributed by atoms with E-state index >= 15 is 0 Å². The molecule has 1 fully saturated rings. The molecule has 1 aliphatic carbocycles.